The number of methoxy groups -OCH3 is 1. The molecule has 0 unspecified atom stereocenters. The van der Waals surface area contributed by atoms with Crippen LogP contribution in [0, 0.1) is 0 Å². The van der Waals surface area contributed by atoms with Crippen molar-refractivity contribution in [3.63, 3.8) is 0 Å². The van der Waals surface area contributed by atoms with Gasteiger partial charge in [-0.25, -0.2) is 4.79 Å². The zero-order valence-corrected chi connectivity index (χ0v) is 12.5. The van der Waals surface area contributed by atoms with Crippen molar-refractivity contribution in [2.24, 2.45) is 0 Å². The van der Waals surface area contributed by atoms with Gasteiger partial charge in [-0.15, -0.1) is 0 Å². The summed E-state index contributed by atoms with van der Waals surface area (Å²) in [6.07, 6.45) is 4.13. The molecule has 2 rings (SSSR count). The van der Waals surface area contributed by atoms with E-state index in [1.807, 2.05) is 0 Å². The Kier molecular flexibility index (Phi) is 5.38. The molecule has 0 aliphatic rings. The monoisotopic (exact) mass is 320 g/mol. The van der Waals surface area contributed by atoms with Crippen LogP contribution in [-0.4, -0.2) is 25.5 Å². The van der Waals surface area contributed by atoms with Gasteiger partial charge in [-0.2, -0.15) is 0 Å². The van der Waals surface area contributed by atoms with E-state index in [0.717, 1.165) is 0 Å². The van der Waals surface area contributed by atoms with Crippen molar-refractivity contribution in [1.29, 1.82) is 0 Å². The number of Topliss-reactive ketones (excluding diaryl/α,β-unsaturated/α-hetero) is 1. The van der Waals surface area contributed by atoms with E-state index in [1.165, 1.54) is 31.6 Å². The van der Waals surface area contributed by atoms with Gasteiger partial charge < -0.3 is 13.9 Å². The summed E-state index contributed by atoms with van der Waals surface area (Å²) in [4.78, 5) is 23.4. The van der Waals surface area contributed by atoms with Gasteiger partial charge in [0, 0.05) is 11.6 Å². The highest BCUT2D eigenvalue weighted by Gasteiger charge is 2.11. The lowest BCUT2D eigenvalue weighted by Crippen LogP contribution is -2.12. The largest absolute Gasteiger partial charge is 0.495 e. The summed E-state index contributed by atoms with van der Waals surface area (Å²) >= 11 is 5.94. The second-order valence-corrected chi connectivity index (χ2v) is 4.64. The van der Waals surface area contributed by atoms with Crippen LogP contribution in [-0.2, 0) is 9.53 Å². The van der Waals surface area contributed by atoms with Crippen LogP contribution in [0.3, 0.4) is 0 Å². The van der Waals surface area contributed by atoms with Crippen molar-refractivity contribution in [1.82, 2.24) is 0 Å². The number of ketones is 1. The SMILES string of the molecule is COc1ccc(C(=O)COC(=O)/C=C/c2ccco2)cc1Cl. The zero-order valence-electron chi connectivity index (χ0n) is 11.7. The van der Waals surface area contributed by atoms with Gasteiger partial charge in [0.2, 0.25) is 0 Å². The van der Waals surface area contributed by atoms with Crippen LogP contribution in [0.4, 0.5) is 0 Å². The van der Waals surface area contributed by atoms with Gasteiger partial charge in [-0.1, -0.05) is 11.6 Å². The van der Waals surface area contributed by atoms with Crippen molar-refractivity contribution in [3.05, 3.63) is 59.0 Å². The molecule has 0 saturated carbocycles. The number of carbonyl (C=O) groups is 2. The minimum atomic E-state index is -0.635. The zero-order chi connectivity index (χ0) is 15.9. The van der Waals surface area contributed by atoms with Crippen LogP contribution >= 0.6 is 11.6 Å². The first-order chi connectivity index (χ1) is 10.6. The van der Waals surface area contributed by atoms with Gasteiger partial charge >= 0.3 is 5.97 Å². The van der Waals surface area contributed by atoms with Gasteiger partial charge in [0.05, 0.1) is 18.4 Å². The highest BCUT2D eigenvalue weighted by molar-refractivity contribution is 6.32. The molecule has 0 amide bonds. The number of hydrogen-bond donors (Lipinski definition) is 0. The van der Waals surface area contributed by atoms with Crippen molar-refractivity contribution in [3.8, 4) is 5.75 Å². The summed E-state index contributed by atoms with van der Waals surface area (Å²) in [5, 5.41) is 0.317. The Morgan fingerprint density at radius 1 is 1.32 bits per heavy atom. The molecular formula is C16H13ClO5. The normalized spacial score (nSPS) is 10.6. The molecule has 0 spiro atoms. The second kappa shape index (κ2) is 7.47. The van der Waals surface area contributed by atoms with E-state index in [2.05, 4.69) is 0 Å². The first kappa shape index (κ1) is 15.9. The van der Waals surface area contributed by atoms with Crippen molar-refractivity contribution < 1.29 is 23.5 Å². The molecule has 0 saturated heterocycles. The summed E-state index contributed by atoms with van der Waals surface area (Å²) in [5.41, 5.74) is 0.341. The molecule has 0 bridgehead atoms. The topological polar surface area (TPSA) is 65.7 Å². The maximum absolute atomic E-state index is 11.9. The first-order valence-electron chi connectivity index (χ1n) is 6.35. The highest BCUT2D eigenvalue weighted by atomic mass is 35.5. The van der Waals surface area contributed by atoms with Gasteiger partial charge in [0.25, 0.3) is 0 Å². The number of rotatable bonds is 6. The number of ether oxygens (including phenoxy) is 2. The Morgan fingerprint density at radius 2 is 2.14 bits per heavy atom. The quantitative estimate of drug-likeness (QED) is 0.464. The van der Waals surface area contributed by atoms with Gasteiger partial charge in [-0.3, -0.25) is 4.79 Å². The number of hydrogen-bond acceptors (Lipinski definition) is 5. The smallest absolute Gasteiger partial charge is 0.331 e. The molecular weight excluding hydrogens is 308 g/mol. The van der Waals surface area contributed by atoms with Crippen LogP contribution in [0.5, 0.6) is 5.75 Å². The molecule has 0 radical (unpaired) electrons. The molecule has 22 heavy (non-hydrogen) atoms. The summed E-state index contributed by atoms with van der Waals surface area (Å²) in [7, 11) is 1.48. The lowest BCUT2D eigenvalue weighted by Gasteiger charge is -2.05. The lowest BCUT2D eigenvalue weighted by atomic mass is 10.1. The van der Waals surface area contributed by atoms with Crippen LogP contribution in [0.25, 0.3) is 6.08 Å². The Morgan fingerprint density at radius 3 is 2.77 bits per heavy atom. The third-order valence-electron chi connectivity index (χ3n) is 2.75. The fraction of sp³-hybridized carbons (Fsp3) is 0.125. The number of carbonyl (C=O) groups excluding carboxylic acids is 2. The Balaban J connectivity index is 1.89. The van der Waals surface area contributed by atoms with E-state index >= 15 is 0 Å². The molecule has 6 heteroatoms. The van der Waals surface area contributed by atoms with Crippen molar-refractivity contribution >= 4 is 29.4 Å². The van der Waals surface area contributed by atoms with E-state index in [4.69, 9.17) is 25.5 Å². The molecule has 1 aromatic heterocycles. The number of furan rings is 1. The van der Waals surface area contributed by atoms with Crippen LogP contribution in [0.2, 0.25) is 5.02 Å². The van der Waals surface area contributed by atoms with Gasteiger partial charge in [0.1, 0.15) is 11.5 Å². The van der Waals surface area contributed by atoms with Crippen LogP contribution in [0.1, 0.15) is 16.1 Å². The molecule has 0 fully saturated rings. The number of benzene rings is 1. The molecule has 1 heterocycles. The molecule has 1 aromatic carbocycles. The number of esters is 1. The van der Waals surface area contributed by atoms with E-state index < -0.39 is 5.97 Å². The minimum absolute atomic E-state index is 0.317. The summed E-state index contributed by atoms with van der Waals surface area (Å²) in [6.45, 7) is -0.371. The molecule has 0 N–H and O–H groups in total. The van der Waals surface area contributed by atoms with E-state index in [-0.39, 0.29) is 12.4 Å². The van der Waals surface area contributed by atoms with Crippen LogP contribution < -0.4 is 4.74 Å². The molecule has 5 nitrogen and oxygen atoms in total. The average Bonchev–Trinajstić information content (AvgIpc) is 3.03. The maximum atomic E-state index is 11.9. The fourth-order valence-electron chi connectivity index (χ4n) is 1.64. The molecule has 0 aliphatic heterocycles. The molecule has 0 aliphatic carbocycles. The van der Waals surface area contributed by atoms with E-state index in [0.29, 0.717) is 22.1 Å². The Bertz CT molecular complexity index is 689. The number of halogens is 1. The third-order valence-corrected chi connectivity index (χ3v) is 3.04. The third kappa shape index (κ3) is 4.23. The fourth-order valence-corrected chi connectivity index (χ4v) is 1.90. The van der Waals surface area contributed by atoms with E-state index in [9.17, 15) is 9.59 Å². The highest BCUT2D eigenvalue weighted by Crippen LogP contribution is 2.25. The Hall–Kier alpha value is -2.53. The molecule has 114 valence electrons. The predicted octanol–water partition coefficient (Wildman–Crippen LogP) is 3.38. The average molecular weight is 321 g/mol. The summed E-state index contributed by atoms with van der Waals surface area (Å²) in [6, 6.07) is 7.99. The standard InChI is InChI=1S/C16H13ClO5/c1-20-15-6-4-11(9-13(15)17)14(18)10-22-16(19)7-5-12-3-2-8-21-12/h2-9H,10H2,1H3/b7-5+. The second-order valence-electron chi connectivity index (χ2n) is 4.23. The first-order valence-corrected chi connectivity index (χ1v) is 6.73. The molecule has 0 atom stereocenters. The minimum Gasteiger partial charge on any atom is -0.495 e. The summed E-state index contributed by atoms with van der Waals surface area (Å²) in [5.74, 6) is -0.00420. The maximum Gasteiger partial charge on any atom is 0.331 e. The lowest BCUT2D eigenvalue weighted by molar-refractivity contribution is -0.136. The predicted molar refractivity (Wildman–Crippen MR) is 81.0 cm³/mol. The van der Waals surface area contributed by atoms with Gasteiger partial charge in [-0.05, 0) is 36.4 Å². The molecule has 2 aromatic rings. The Labute approximate surface area is 132 Å². The van der Waals surface area contributed by atoms with Crippen molar-refractivity contribution in [2.75, 3.05) is 13.7 Å². The van der Waals surface area contributed by atoms with Crippen LogP contribution in [0.15, 0.2) is 47.1 Å². The van der Waals surface area contributed by atoms with Crippen molar-refractivity contribution in [2.45, 2.75) is 0 Å². The van der Waals surface area contributed by atoms with E-state index in [1.54, 1.807) is 24.3 Å². The summed E-state index contributed by atoms with van der Waals surface area (Å²) < 4.78 is 14.9. The van der Waals surface area contributed by atoms with Gasteiger partial charge in [0.15, 0.2) is 12.4 Å².